The minimum Gasteiger partial charge on any atom is -0.495 e. The van der Waals surface area contributed by atoms with Crippen LogP contribution in [-0.4, -0.2) is 72.7 Å². The molecule has 4 atom stereocenters. The predicted octanol–water partition coefficient (Wildman–Crippen LogP) is 5.23. The van der Waals surface area contributed by atoms with Crippen molar-refractivity contribution in [3.8, 4) is 5.75 Å². The van der Waals surface area contributed by atoms with Crippen molar-refractivity contribution in [3.05, 3.63) is 36.0 Å². The molecule has 9 nitrogen and oxygen atoms in total. The molecule has 2 fully saturated rings. The second kappa shape index (κ2) is 11.1. The zero-order chi connectivity index (χ0) is 26.8. The monoisotopic (exact) mass is 516 g/mol. The van der Waals surface area contributed by atoms with Crippen molar-refractivity contribution in [2.45, 2.75) is 70.7 Å². The first-order valence-electron chi connectivity index (χ1n) is 13.0. The van der Waals surface area contributed by atoms with Crippen molar-refractivity contribution >= 4 is 17.0 Å². The minimum atomic E-state index is -0.877. The number of hydrogen-bond acceptors (Lipinski definition) is 7. The Labute approximate surface area is 219 Å². The van der Waals surface area contributed by atoms with E-state index in [2.05, 4.69) is 11.1 Å². The molecule has 0 aliphatic carbocycles. The van der Waals surface area contributed by atoms with Gasteiger partial charge in [0.15, 0.2) is 11.6 Å². The number of piperidine rings is 1. The Morgan fingerprint density at radius 3 is 2.73 bits per heavy atom. The Bertz CT molecular complexity index is 1090. The molecular formula is C28H40N2O7. The SMILES string of the molecule is COc1cnc2cccc([C@H]3OC(C)(C)O[C@@H]3C[C@@H]3CCN(C(=O)O)C[C@@H]3CCOC(C)(C)OC)c2c1. The molecular weight excluding hydrogens is 476 g/mol. The summed E-state index contributed by atoms with van der Waals surface area (Å²) in [5, 5.41) is 10.6. The van der Waals surface area contributed by atoms with Crippen LogP contribution in [0.4, 0.5) is 4.79 Å². The summed E-state index contributed by atoms with van der Waals surface area (Å²) in [5.74, 6) is -0.336. The largest absolute Gasteiger partial charge is 0.495 e. The van der Waals surface area contributed by atoms with Crippen LogP contribution in [-0.2, 0) is 18.9 Å². The summed E-state index contributed by atoms with van der Waals surface area (Å²) in [4.78, 5) is 17.8. The van der Waals surface area contributed by atoms with E-state index in [4.69, 9.17) is 23.7 Å². The topological polar surface area (TPSA) is 99.6 Å². The molecule has 1 N–H and O–H groups in total. The number of amides is 1. The first-order chi connectivity index (χ1) is 17.5. The van der Waals surface area contributed by atoms with Crippen molar-refractivity contribution < 1.29 is 33.6 Å². The summed E-state index contributed by atoms with van der Waals surface area (Å²) in [6.45, 7) is 9.11. The number of likely N-dealkylation sites (tertiary alicyclic amines) is 1. The Morgan fingerprint density at radius 1 is 1.24 bits per heavy atom. The number of fused-ring (bicyclic) bond motifs is 1. The number of rotatable bonds is 9. The molecule has 4 rings (SSSR count). The van der Waals surface area contributed by atoms with Crippen molar-refractivity contribution in [2.24, 2.45) is 11.8 Å². The molecule has 1 aromatic carbocycles. The van der Waals surface area contributed by atoms with Gasteiger partial charge in [0.2, 0.25) is 0 Å². The van der Waals surface area contributed by atoms with Crippen molar-refractivity contribution in [3.63, 3.8) is 0 Å². The maximum absolute atomic E-state index is 11.7. The molecule has 9 heteroatoms. The van der Waals surface area contributed by atoms with Crippen molar-refractivity contribution in [2.75, 3.05) is 33.9 Å². The van der Waals surface area contributed by atoms with Crippen LogP contribution >= 0.6 is 0 Å². The van der Waals surface area contributed by atoms with Gasteiger partial charge in [0, 0.05) is 25.6 Å². The van der Waals surface area contributed by atoms with Crippen LogP contribution in [0.25, 0.3) is 10.9 Å². The standard InChI is InChI=1S/C28H40N2O7/c1-27(2,34-6)35-13-11-19-17-30(26(31)32)12-10-18(19)14-24-25(37-28(3,4)36-24)21-8-7-9-23-22(21)15-20(33-5)16-29-23/h7-9,15-16,18-19,24-25H,10-14,17H2,1-6H3,(H,31,32)/t18-,19-,24+,25+/m0/s1. The normalized spacial score (nSPS) is 25.9. The lowest BCUT2D eigenvalue weighted by atomic mass is 9.78. The van der Waals surface area contributed by atoms with E-state index in [1.54, 1.807) is 20.4 Å². The van der Waals surface area contributed by atoms with Gasteiger partial charge in [-0.25, -0.2) is 4.79 Å². The lowest BCUT2D eigenvalue weighted by Gasteiger charge is -2.39. The second-order valence-electron chi connectivity index (χ2n) is 10.9. The number of methoxy groups -OCH3 is 2. The third-order valence-corrected chi connectivity index (χ3v) is 7.59. The fourth-order valence-electron chi connectivity index (χ4n) is 5.49. The van der Waals surface area contributed by atoms with Gasteiger partial charge in [-0.2, -0.15) is 0 Å². The highest BCUT2D eigenvalue weighted by Crippen LogP contribution is 2.45. The van der Waals surface area contributed by atoms with Crippen LogP contribution < -0.4 is 4.74 Å². The van der Waals surface area contributed by atoms with Gasteiger partial charge in [-0.3, -0.25) is 4.98 Å². The molecule has 0 bridgehead atoms. The highest BCUT2D eigenvalue weighted by Gasteiger charge is 2.45. The maximum Gasteiger partial charge on any atom is 0.407 e. The molecule has 1 amide bonds. The molecule has 2 aliphatic heterocycles. The number of carboxylic acid groups (broad SMARTS) is 1. The lowest BCUT2D eigenvalue weighted by molar-refractivity contribution is -0.199. The van der Waals surface area contributed by atoms with Crippen LogP contribution in [0, 0.1) is 11.8 Å². The van der Waals surface area contributed by atoms with Crippen LogP contribution in [0.2, 0.25) is 0 Å². The number of carbonyl (C=O) groups is 1. The second-order valence-corrected chi connectivity index (χ2v) is 10.9. The Morgan fingerprint density at radius 2 is 2.03 bits per heavy atom. The van der Waals surface area contributed by atoms with Gasteiger partial charge >= 0.3 is 6.09 Å². The van der Waals surface area contributed by atoms with E-state index in [9.17, 15) is 9.90 Å². The summed E-state index contributed by atoms with van der Waals surface area (Å²) in [7, 11) is 3.25. The van der Waals surface area contributed by atoms with E-state index in [0.29, 0.717) is 25.4 Å². The molecule has 1 aromatic heterocycles. The Kier molecular flexibility index (Phi) is 8.28. The smallest absolute Gasteiger partial charge is 0.407 e. The van der Waals surface area contributed by atoms with E-state index in [1.165, 1.54) is 4.90 Å². The van der Waals surface area contributed by atoms with Gasteiger partial charge in [-0.15, -0.1) is 0 Å². The molecule has 2 aliphatic rings. The maximum atomic E-state index is 11.7. The fourth-order valence-corrected chi connectivity index (χ4v) is 5.49. The van der Waals surface area contributed by atoms with Crippen LogP contribution in [0.1, 0.15) is 58.6 Å². The van der Waals surface area contributed by atoms with Crippen LogP contribution in [0.3, 0.4) is 0 Å². The zero-order valence-corrected chi connectivity index (χ0v) is 22.7. The van der Waals surface area contributed by atoms with Gasteiger partial charge in [0.25, 0.3) is 0 Å². The first kappa shape index (κ1) is 27.6. The van der Waals surface area contributed by atoms with Gasteiger partial charge in [-0.1, -0.05) is 12.1 Å². The molecule has 2 aromatic rings. The van der Waals surface area contributed by atoms with E-state index < -0.39 is 17.7 Å². The van der Waals surface area contributed by atoms with Gasteiger partial charge < -0.3 is 33.7 Å². The minimum absolute atomic E-state index is 0.139. The summed E-state index contributed by atoms with van der Waals surface area (Å²) in [6, 6.07) is 8.03. The molecule has 0 saturated carbocycles. The van der Waals surface area contributed by atoms with E-state index in [-0.39, 0.29) is 24.0 Å². The lowest BCUT2D eigenvalue weighted by Crippen LogP contribution is -2.45. The molecule has 204 valence electrons. The third-order valence-electron chi connectivity index (χ3n) is 7.59. The quantitative estimate of drug-likeness (QED) is 0.452. The van der Waals surface area contributed by atoms with E-state index in [0.717, 1.165) is 35.7 Å². The molecule has 0 spiro atoms. The van der Waals surface area contributed by atoms with E-state index >= 15 is 0 Å². The number of ether oxygens (including phenoxy) is 5. The van der Waals surface area contributed by atoms with Gasteiger partial charge in [0.1, 0.15) is 11.9 Å². The highest BCUT2D eigenvalue weighted by atomic mass is 16.8. The number of nitrogens with zero attached hydrogens (tertiary/aromatic N) is 2. The number of aromatic nitrogens is 1. The third kappa shape index (κ3) is 6.52. The van der Waals surface area contributed by atoms with Gasteiger partial charge in [0.05, 0.1) is 31.5 Å². The average Bonchev–Trinajstić information content (AvgIpc) is 3.17. The van der Waals surface area contributed by atoms with Crippen LogP contribution in [0.5, 0.6) is 5.75 Å². The Hall–Kier alpha value is -2.46. The number of pyridine rings is 1. The summed E-state index contributed by atoms with van der Waals surface area (Å²) in [5.41, 5.74) is 1.89. The van der Waals surface area contributed by atoms with Crippen LogP contribution in [0.15, 0.2) is 30.5 Å². The molecule has 2 saturated heterocycles. The van der Waals surface area contributed by atoms with Gasteiger partial charge in [-0.05, 0) is 76.5 Å². The molecule has 37 heavy (non-hydrogen) atoms. The Balaban J connectivity index is 1.57. The molecule has 3 heterocycles. The summed E-state index contributed by atoms with van der Waals surface area (Å²) >= 11 is 0. The zero-order valence-electron chi connectivity index (χ0n) is 22.7. The van der Waals surface area contributed by atoms with Crippen molar-refractivity contribution in [1.29, 1.82) is 0 Å². The number of hydrogen-bond donors (Lipinski definition) is 1. The first-order valence-corrected chi connectivity index (χ1v) is 13.0. The number of benzene rings is 1. The predicted molar refractivity (Wildman–Crippen MR) is 139 cm³/mol. The fraction of sp³-hybridized carbons (Fsp3) is 0.643. The average molecular weight is 517 g/mol. The molecule has 0 unspecified atom stereocenters. The highest BCUT2D eigenvalue weighted by molar-refractivity contribution is 5.83. The summed E-state index contributed by atoms with van der Waals surface area (Å²) in [6.07, 6.45) is 2.63. The molecule has 0 radical (unpaired) electrons. The van der Waals surface area contributed by atoms with Crippen molar-refractivity contribution in [1.82, 2.24) is 9.88 Å². The summed E-state index contributed by atoms with van der Waals surface area (Å²) < 4.78 is 29.7. The van der Waals surface area contributed by atoms with E-state index in [1.807, 2.05) is 45.9 Å².